The molecule has 1 spiro atoms. The van der Waals surface area contributed by atoms with Crippen molar-refractivity contribution in [3.05, 3.63) is 0 Å². The second-order valence-electron chi connectivity index (χ2n) is 7.10. The predicted octanol–water partition coefficient (Wildman–Crippen LogP) is 1.39. The van der Waals surface area contributed by atoms with Crippen LogP contribution in [-0.2, 0) is 4.79 Å². The number of rotatable bonds is 1. The summed E-state index contributed by atoms with van der Waals surface area (Å²) in [5.74, 6) is 0.906. The summed E-state index contributed by atoms with van der Waals surface area (Å²) < 4.78 is 0. The van der Waals surface area contributed by atoms with E-state index in [-0.39, 0.29) is 17.0 Å². The number of nitrogens with zero attached hydrogens (tertiary/aromatic N) is 1. The van der Waals surface area contributed by atoms with Crippen molar-refractivity contribution in [2.75, 3.05) is 13.6 Å². The highest BCUT2D eigenvalue weighted by Crippen LogP contribution is 2.72. The third kappa shape index (κ3) is 1.21. The van der Waals surface area contributed by atoms with Gasteiger partial charge in [0.1, 0.15) is 5.54 Å². The number of fused-ring (bicyclic) bond motifs is 2. The van der Waals surface area contributed by atoms with Crippen molar-refractivity contribution >= 4 is 5.91 Å². The number of nitrogens with one attached hydrogen (secondary N) is 1. The smallest absolute Gasteiger partial charge is 0.241 e. The minimum Gasteiger partial charge on any atom is -0.350 e. The van der Waals surface area contributed by atoms with E-state index in [9.17, 15) is 4.79 Å². The first-order valence-electron chi connectivity index (χ1n) is 6.34. The molecule has 3 rings (SSSR count). The lowest BCUT2D eigenvalue weighted by Crippen LogP contribution is -2.52. The summed E-state index contributed by atoms with van der Waals surface area (Å²) in [6.07, 6.45) is 3.77. The van der Waals surface area contributed by atoms with E-state index in [2.05, 4.69) is 38.0 Å². The molecular weight excluding hydrogens is 200 g/mol. The van der Waals surface area contributed by atoms with E-state index in [4.69, 9.17) is 0 Å². The summed E-state index contributed by atoms with van der Waals surface area (Å²) in [6.45, 7) is 7.30. The van der Waals surface area contributed by atoms with Gasteiger partial charge in [-0.15, -0.1) is 0 Å². The van der Waals surface area contributed by atoms with Crippen LogP contribution in [0.5, 0.6) is 0 Å². The summed E-state index contributed by atoms with van der Waals surface area (Å²) >= 11 is 0. The monoisotopic (exact) mass is 222 g/mol. The predicted molar refractivity (Wildman–Crippen MR) is 63.0 cm³/mol. The molecule has 0 aromatic heterocycles. The quantitative estimate of drug-likeness (QED) is 0.727. The van der Waals surface area contributed by atoms with E-state index < -0.39 is 0 Å². The molecule has 0 aromatic carbocycles. The lowest BCUT2D eigenvalue weighted by Gasteiger charge is -2.28. The molecule has 2 aliphatic carbocycles. The highest BCUT2D eigenvalue weighted by molar-refractivity contribution is 5.91. The molecule has 1 saturated heterocycles. The Morgan fingerprint density at radius 1 is 1.38 bits per heavy atom. The first kappa shape index (κ1) is 10.6. The van der Waals surface area contributed by atoms with Crippen LogP contribution in [0.4, 0.5) is 0 Å². The summed E-state index contributed by atoms with van der Waals surface area (Å²) in [6, 6.07) is 0. The van der Waals surface area contributed by atoms with E-state index in [1.54, 1.807) is 0 Å². The van der Waals surface area contributed by atoms with Crippen LogP contribution in [0.1, 0.15) is 40.0 Å². The van der Waals surface area contributed by atoms with Crippen LogP contribution in [0.3, 0.4) is 0 Å². The Hall–Kier alpha value is -0.570. The van der Waals surface area contributed by atoms with Crippen LogP contribution in [0, 0.1) is 11.3 Å². The molecule has 0 aromatic rings. The maximum absolute atomic E-state index is 12.4. The topological polar surface area (TPSA) is 32.3 Å². The molecule has 1 N–H and O–H groups in total. The van der Waals surface area contributed by atoms with Gasteiger partial charge in [0.05, 0.1) is 0 Å². The van der Waals surface area contributed by atoms with Crippen LogP contribution >= 0.6 is 0 Å². The maximum atomic E-state index is 12.4. The fourth-order valence-corrected chi connectivity index (χ4v) is 3.66. The largest absolute Gasteiger partial charge is 0.350 e. The summed E-state index contributed by atoms with van der Waals surface area (Å²) in [5.41, 5.74) is 0.285. The third-order valence-electron chi connectivity index (χ3n) is 4.68. The number of hydrogen-bond donors (Lipinski definition) is 1. The minimum absolute atomic E-state index is 0.112. The van der Waals surface area contributed by atoms with Crippen molar-refractivity contribution in [3.8, 4) is 0 Å². The molecule has 0 bridgehead atoms. The van der Waals surface area contributed by atoms with Crippen LogP contribution in [0.2, 0.25) is 0 Å². The second kappa shape index (κ2) is 2.63. The zero-order valence-electron chi connectivity index (χ0n) is 10.8. The Balaban J connectivity index is 1.79. The van der Waals surface area contributed by atoms with Gasteiger partial charge in [-0.3, -0.25) is 9.69 Å². The van der Waals surface area contributed by atoms with E-state index in [0.717, 1.165) is 13.0 Å². The lowest BCUT2D eigenvalue weighted by atomic mass is 10.0. The van der Waals surface area contributed by atoms with E-state index in [1.807, 2.05) is 0 Å². The van der Waals surface area contributed by atoms with Gasteiger partial charge < -0.3 is 5.32 Å². The van der Waals surface area contributed by atoms with Crippen molar-refractivity contribution < 1.29 is 4.79 Å². The fraction of sp³-hybridized carbons (Fsp3) is 0.923. The first-order valence-corrected chi connectivity index (χ1v) is 6.34. The fourth-order valence-electron chi connectivity index (χ4n) is 3.66. The van der Waals surface area contributed by atoms with E-state index >= 15 is 0 Å². The number of likely N-dealkylation sites (N-methyl/N-ethyl adjacent to an activating group) is 1. The molecule has 90 valence electrons. The molecule has 0 radical (unpaired) electrons. The molecule has 3 fully saturated rings. The van der Waals surface area contributed by atoms with Crippen molar-refractivity contribution in [1.82, 2.24) is 10.2 Å². The van der Waals surface area contributed by atoms with Crippen molar-refractivity contribution in [2.45, 2.75) is 51.1 Å². The van der Waals surface area contributed by atoms with Gasteiger partial charge >= 0.3 is 0 Å². The third-order valence-corrected chi connectivity index (χ3v) is 4.68. The standard InChI is InChI=1S/C13H22N2O/c1-11(2,3)14-10(16)13-7-9(13)12(5-6-12)8-15(13)4/h9H,5-8H2,1-4H3,(H,14,16). The van der Waals surface area contributed by atoms with Crippen molar-refractivity contribution in [1.29, 1.82) is 0 Å². The lowest BCUT2D eigenvalue weighted by molar-refractivity contribution is -0.128. The van der Waals surface area contributed by atoms with E-state index in [0.29, 0.717) is 11.3 Å². The molecule has 3 aliphatic rings. The van der Waals surface area contributed by atoms with Gasteiger partial charge in [-0.05, 0) is 58.4 Å². The molecule has 2 atom stereocenters. The summed E-state index contributed by atoms with van der Waals surface area (Å²) in [5, 5.41) is 3.16. The molecule has 1 heterocycles. The Kier molecular flexibility index (Phi) is 1.74. The maximum Gasteiger partial charge on any atom is 0.241 e. The Morgan fingerprint density at radius 2 is 2.00 bits per heavy atom. The zero-order valence-corrected chi connectivity index (χ0v) is 10.8. The van der Waals surface area contributed by atoms with E-state index in [1.165, 1.54) is 12.8 Å². The van der Waals surface area contributed by atoms with Crippen molar-refractivity contribution in [3.63, 3.8) is 0 Å². The average molecular weight is 222 g/mol. The molecule has 3 heteroatoms. The number of carbonyl (C=O) groups is 1. The number of carbonyl (C=O) groups excluding carboxylic acids is 1. The van der Waals surface area contributed by atoms with Crippen LogP contribution < -0.4 is 5.32 Å². The Bertz CT molecular complexity index is 353. The normalized spacial score (nSPS) is 39.6. The number of likely N-dealkylation sites (tertiary alicyclic amines) is 1. The molecule has 2 unspecified atom stereocenters. The van der Waals surface area contributed by atoms with Gasteiger partial charge in [0.2, 0.25) is 5.91 Å². The SMILES string of the molecule is CN1CC2(CC2)C2CC21C(=O)NC(C)(C)C. The summed E-state index contributed by atoms with van der Waals surface area (Å²) in [4.78, 5) is 14.7. The van der Waals surface area contributed by atoms with Gasteiger partial charge in [-0.25, -0.2) is 0 Å². The van der Waals surface area contributed by atoms with Crippen molar-refractivity contribution in [2.24, 2.45) is 11.3 Å². The molecule has 2 saturated carbocycles. The highest BCUT2D eigenvalue weighted by atomic mass is 16.2. The molecule has 1 aliphatic heterocycles. The summed E-state index contributed by atoms with van der Waals surface area (Å²) in [7, 11) is 2.12. The number of hydrogen-bond acceptors (Lipinski definition) is 2. The Labute approximate surface area is 97.6 Å². The number of piperidine rings is 1. The van der Waals surface area contributed by atoms with Gasteiger partial charge in [-0.1, -0.05) is 0 Å². The Morgan fingerprint density at radius 3 is 2.38 bits per heavy atom. The highest BCUT2D eigenvalue weighted by Gasteiger charge is 2.78. The zero-order chi connectivity index (χ0) is 11.8. The first-order chi connectivity index (χ1) is 7.30. The molecule has 3 nitrogen and oxygen atoms in total. The average Bonchev–Trinajstić information content (AvgIpc) is 2.89. The van der Waals surface area contributed by atoms with Crippen LogP contribution in [0.25, 0.3) is 0 Å². The molecule has 16 heavy (non-hydrogen) atoms. The van der Waals surface area contributed by atoms with Crippen LogP contribution in [0.15, 0.2) is 0 Å². The van der Waals surface area contributed by atoms with Gasteiger partial charge in [-0.2, -0.15) is 0 Å². The van der Waals surface area contributed by atoms with Gasteiger partial charge in [0.15, 0.2) is 0 Å². The van der Waals surface area contributed by atoms with Gasteiger partial charge in [0.25, 0.3) is 0 Å². The minimum atomic E-state index is -0.135. The molecule has 1 amide bonds. The second-order valence-corrected chi connectivity index (χ2v) is 7.10. The van der Waals surface area contributed by atoms with Gasteiger partial charge in [0, 0.05) is 12.1 Å². The number of amides is 1. The van der Waals surface area contributed by atoms with Crippen LogP contribution in [-0.4, -0.2) is 35.5 Å². The molecular formula is C13H22N2O.